The maximum atomic E-state index is 12.4. The van der Waals surface area contributed by atoms with Crippen LogP contribution in [0.15, 0.2) is 0 Å². The van der Waals surface area contributed by atoms with E-state index in [1.165, 1.54) is 32.1 Å². The highest BCUT2D eigenvalue weighted by atomic mass is 16.5. The lowest BCUT2D eigenvalue weighted by Crippen LogP contribution is -2.57. The number of carbonyl (C=O) groups excluding carboxylic acids is 1. The quantitative estimate of drug-likeness (QED) is 0.813. The van der Waals surface area contributed by atoms with Crippen molar-refractivity contribution < 1.29 is 9.53 Å². The van der Waals surface area contributed by atoms with Crippen molar-refractivity contribution in [2.75, 3.05) is 19.8 Å². The molecule has 2 aliphatic heterocycles. The predicted molar refractivity (Wildman–Crippen MR) is 78.5 cm³/mol. The monoisotopic (exact) mass is 280 g/mol. The van der Waals surface area contributed by atoms with Crippen molar-refractivity contribution in [3.8, 4) is 0 Å². The minimum Gasteiger partial charge on any atom is -0.381 e. The Bertz CT molecular complexity index is 328. The maximum absolute atomic E-state index is 12.4. The average Bonchev–Trinajstić information content (AvgIpc) is 2.49. The summed E-state index contributed by atoms with van der Waals surface area (Å²) in [5, 5.41) is 7.07. The third-order valence-corrected chi connectivity index (χ3v) is 5.38. The van der Waals surface area contributed by atoms with Crippen molar-refractivity contribution >= 4 is 5.91 Å². The summed E-state index contributed by atoms with van der Waals surface area (Å²) in [6.45, 7) is 2.54. The van der Waals surface area contributed by atoms with Crippen LogP contribution in [0.25, 0.3) is 0 Å². The van der Waals surface area contributed by atoms with Gasteiger partial charge in [0.05, 0.1) is 0 Å². The van der Waals surface area contributed by atoms with E-state index in [0.717, 1.165) is 45.4 Å². The summed E-state index contributed by atoms with van der Waals surface area (Å²) in [5.74, 6) is 0.451. The van der Waals surface area contributed by atoms with Gasteiger partial charge >= 0.3 is 0 Å². The van der Waals surface area contributed by atoms with E-state index < -0.39 is 0 Å². The Kier molecular flexibility index (Phi) is 4.61. The Morgan fingerprint density at radius 1 is 1.10 bits per heavy atom. The number of carbonyl (C=O) groups is 1. The summed E-state index contributed by atoms with van der Waals surface area (Å²) in [7, 11) is 0. The number of piperidine rings is 1. The van der Waals surface area contributed by atoms with E-state index >= 15 is 0 Å². The van der Waals surface area contributed by atoms with E-state index in [1.54, 1.807) is 0 Å². The molecule has 0 bridgehead atoms. The van der Waals surface area contributed by atoms with Gasteiger partial charge < -0.3 is 15.4 Å². The van der Waals surface area contributed by atoms with E-state index in [-0.39, 0.29) is 11.8 Å². The van der Waals surface area contributed by atoms with Gasteiger partial charge in [-0.05, 0) is 45.1 Å². The van der Waals surface area contributed by atoms with Gasteiger partial charge in [0.25, 0.3) is 0 Å². The first-order valence-electron chi connectivity index (χ1n) is 8.41. The van der Waals surface area contributed by atoms with Crippen LogP contribution in [0.3, 0.4) is 0 Å². The third-order valence-electron chi connectivity index (χ3n) is 5.38. The van der Waals surface area contributed by atoms with Crippen LogP contribution >= 0.6 is 0 Å². The normalized spacial score (nSPS) is 31.1. The molecule has 0 aromatic heterocycles. The van der Waals surface area contributed by atoms with Crippen LogP contribution < -0.4 is 10.6 Å². The van der Waals surface area contributed by atoms with Gasteiger partial charge in [-0.25, -0.2) is 0 Å². The largest absolute Gasteiger partial charge is 0.381 e. The fourth-order valence-electron chi connectivity index (χ4n) is 4.17. The van der Waals surface area contributed by atoms with Gasteiger partial charge in [0.2, 0.25) is 5.91 Å². The molecule has 1 spiro atoms. The summed E-state index contributed by atoms with van der Waals surface area (Å²) in [5.41, 5.74) is 0.324. The van der Waals surface area contributed by atoms with Crippen LogP contribution in [0.5, 0.6) is 0 Å². The summed E-state index contributed by atoms with van der Waals surface area (Å²) in [6, 6.07) is 0.379. The summed E-state index contributed by atoms with van der Waals surface area (Å²) in [4.78, 5) is 12.4. The van der Waals surface area contributed by atoms with Crippen molar-refractivity contribution in [3.63, 3.8) is 0 Å². The zero-order valence-electron chi connectivity index (χ0n) is 12.5. The summed E-state index contributed by atoms with van der Waals surface area (Å²) < 4.78 is 5.34. The van der Waals surface area contributed by atoms with E-state index in [4.69, 9.17) is 4.74 Å². The molecule has 2 saturated heterocycles. The van der Waals surface area contributed by atoms with Crippen molar-refractivity contribution in [2.24, 2.45) is 5.92 Å². The second-order valence-electron chi connectivity index (χ2n) is 6.85. The highest BCUT2D eigenvalue weighted by Gasteiger charge is 2.37. The molecule has 114 valence electrons. The minimum atomic E-state index is 0.181. The highest BCUT2D eigenvalue weighted by molar-refractivity contribution is 5.79. The Balaban J connectivity index is 1.52. The summed E-state index contributed by atoms with van der Waals surface area (Å²) in [6.07, 6.45) is 10.6. The van der Waals surface area contributed by atoms with Crippen LogP contribution in [0.1, 0.15) is 57.8 Å². The molecule has 3 fully saturated rings. The van der Waals surface area contributed by atoms with Gasteiger partial charge in [0, 0.05) is 30.7 Å². The molecule has 0 aromatic rings. The molecule has 0 aromatic carbocycles. The van der Waals surface area contributed by atoms with Gasteiger partial charge in [-0.3, -0.25) is 4.79 Å². The number of hydrogen-bond donors (Lipinski definition) is 2. The first-order valence-corrected chi connectivity index (χ1v) is 8.41. The second-order valence-corrected chi connectivity index (χ2v) is 6.85. The van der Waals surface area contributed by atoms with E-state index in [1.807, 2.05) is 0 Å². The zero-order chi connectivity index (χ0) is 13.8. The lowest BCUT2D eigenvalue weighted by Gasteiger charge is -2.45. The first kappa shape index (κ1) is 14.3. The van der Waals surface area contributed by atoms with Crippen LogP contribution in [-0.4, -0.2) is 37.2 Å². The van der Waals surface area contributed by atoms with Gasteiger partial charge in [0.15, 0.2) is 0 Å². The molecule has 1 aliphatic carbocycles. The molecule has 4 nitrogen and oxygen atoms in total. The molecular weight excluding hydrogens is 252 g/mol. The molecule has 1 unspecified atom stereocenters. The maximum Gasteiger partial charge on any atom is 0.223 e. The van der Waals surface area contributed by atoms with Crippen molar-refractivity contribution in [1.29, 1.82) is 0 Å². The van der Waals surface area contributed by atoms with Crippen LogP contribution in [0.2, 0.25) is 0 Å². The third kappa shape index (κ3) is 3.34. The van der Waals surface area contributed by atoms with Crippen LogP contribution in [-0.2, 0) is 9.53 Å². The molecule has 4 heteroatoms. The molecule has 3 aliphatic rings. The molecule has 2 N–H and O–H groups in total. The molecule has 1 atom stereocenters. The Hall–Kier alpha value is -0.610. The number of nitrogens with one attached hydrogen (secondary N) is 2. The fourth-order valence-corrected chi connectivity index (χ4v) is 4.17. The number of ether oxygens (including phenoxy) is 1. The topological polar surface area (TPSA) is 50.4 Å². The van der Waals surface area contributed by atoms with Crippen molar-refractivity contribution in [1.82, 2.24) is 10.6 Å². The molecule has 0 radical (unpaired) electrons. The second kappa shape index (κ2) is 6.44. The smallest absolute Gasteiger partial charge is 0.223 e. The molecule has 3 rings (SSSR count). The Labute approximate surface area is 122 Å². The predicted octanol–water partition coefficient (Wildman–Crippen LogP) is 1.98. The minimum absolute atomic E-state index is 0.181. The molecule has 1 saturated carbocycles. The number of rotatable bonds is 2. The standard InChI is InChI=1S/C16H28N2O2/c19-15(13-5-10-20-11-6-13)18-14-4-9-17-16(12-14)7-2-1-3-8-16/h13-14,17H,1-12H2,(H,18,19). The summed E-state index contributed by atoms with van der Waals surface area (Å²) >= 11 is 0. The van der Waals surface area contributed by atoms with Gasteiger partial charge in [-0.2, -0.15) is 0 Å². The van der Waals surface area contributed by atoms with Crippen molar-refractivity contribution in [2.45, 2.75) is 69.4 Å². The van der Waals surface area contributed by atoms with Crippen LogP contribution in [0.4, 0.5) is 0 Å². The van der Waals surface area contributed by atoms with Gasteiger partial charge in [-0.1, -0.05) is 19.3 Å². The SMILES string of the molecule is O=C(NC1CCNC2(CCCCC2)C1)C1CCOCC1. The first-order chi connectivity index (χ1) is 9.77. The fraction of sp³-hybridized carbons (Fsp3) is 0.938. The average molecular weight is 280 g/mol. The van der Waals surface area contributed by atoms with Gasteiger partial charge in [-0.15, -0.1) is 0 Å². The Morgan fingerprint density at radius 3 is 2.60 bits per heavy atom. The van der Waals surface area contributed by atoms with Crippen molar-refractivity contribution in [3.05, 3.63) is 0 Å². The van der Waals surface area contributed by atoms with Gasteiger partial charge in [0.1, 0.15) is 0 Å². The Morgan fingerprint density at radius 2 is 1.85 bits per heavy atom. The molecule has 1 amide bonds. The molecule has 20 heavy (non-hydrogen) atoms. The van der Waals surface area contributed by atoms with E-state index in [2.05, 4.69) is 10.6 Å². The lowest BCUT2D eigenvalue weighted by atomic mass is 9.75. The highest BCUT2D eigenvalue weighted by Crippen LogP contribution is 2.34. The van der Waals surface area contributed by atoms with E-state index in [0.29, 0.717) is 11.6 Å². The van der Waals surface area contributed by atoms with Crippen LogP contribution in [0, 0.1) is 5.92 Å². The molecular formula is C16H28N2O2. The number of hydrogen-bond acceptors (Lipinski definition) is 3. The van der Waals surface area contributed by atoms with E-state index in [9.17, 15) is 4.79 Å². The zero-order valence-corrected chi connectivity index (χ0v) is 12.5. The number of amides is 1. The molecule has 2 heterocycles. The lowest BCUT2D eigenvalue weighted by molar-refractivity contribution is -0.129.